The Morgan fingerprint density at radius 3 is 2.67 bits per heavy atom. The molecule has 18 heavy (non-hydrogen) atoms. The zero-order chi connectivity index (χ0) is 13.0. The molecular weight excluding hydrogens is 228 g/mol. The summed E-state index contributed by atoms with van der Waals surface area (Å²) < 4.78 is 0. The highest BCUT2D eigenvalue weighted by atomic mass is 16.2. The molecule has 0 radical (unpaired) electrons. The number of hydrogen-bond acceptors (Lipinski definition) is 4. The molecule has 0 spiro atoms. The first-order chi connectivity index (χ1) is 8.66. The van der Waals surface area contributed by atoms with Crippen LogP contribution in [-0.2, 0) is 4.79 Å². The van der Waals surface area contributed by atoms with Crippen LogP contribution in [0.5, 0.6) is 0 Å². The minimum atomic E-state index is -0.215. The van der Waals surface area contributed by atoms with Crippen molar-refractivity contribution in [3.63, 3.8) is 0 Å². The molecule has 1 aliphatic rings. The van der Waals surface area contributed by atoms with Crippen molar-refractivity contribution < 1.29 is 4.79 Å². The van der Waals surface area contributed by atoms with Crippen LogP contribution in [0.15, 0.2) is 35.4 Å². The van der Waals surface area contributed by atoms with Crippen molar-refractivity contribution in [3.05, 3.63) is 35.9 Å². The van der Waals surface area contributed by atoms with Crippen LogP contribution in [0, 0.1) is 0 Å². The molecule has 1 fully saturated rings. The van der Waals surface area contributed by atoms with Gasteiger partial charge in [0, 0.05) is 6.04 Å². The maximum absolute atomic E-state index is 11.8. The third kappa shape index (κ3) is 3.15. The van der Waals surface area contributed by atoms with Gasteiger partial charge in [0.25, 0.3) is 5.91 Å². The van der Waals surface area contributed by atoms with Gasteiger partial charge >= 0.3 is 0 Å². The van der Waals surface area contributed by atoms with Crippen molar-refractivity contribution >= 4 is 11.6 Å². The van der Waals surface area contributed by atoms with Gasteiger partial charge in [0.2, 0.25) is 0 Å². The summed E-state index contributed by atoms with van der Waals surface area (Å²) in [6.45, 7) is 3.90. The van der Waals surface area contributed by atoms with E-state index in [0.717, 1.165) is 17.7 Å². The number of benzene rings is 1. The molecule has 1 saturated heterocycles. The summed E-state index contributed by atoms with van der Waals surface area (Å²) in [6.07, 6.45) is 0.770. The first-order valence-electron chi connectivity index (χ1n) is 6.07. The molecule has 1 heterocycles. The van der Waals surface area contributed by atoms with Gasteiger partial charge in [0.1, 0.15) is 6.04 Å². The van der Waals surface area contributed by atoms with E-state index in [0.29, 0.717) is 6.04 Å². The minimum absolute atomic E-state index is 0.109. The van der Waals surface area contributed by atoms with E-state index in [1.165, 1.54) is 0 Å². The Bertz CT molecular complexity index is 444. The highest BCUT2D eigenvalue weighted by Crippen LogP contribution is 2.04. The van der Waals surface area contributed by atoms with Gasteiger partial charge in [-0.3, -0.25) is 10.2 Å². The summed E-state index contributed by atoms with van der Waals surface area (Å²) in [4.78, 5) is 11.8. The number of amides is 1. The van der Waals surface area contributed by atoms with Crippen LogP contribution in [0.1, 0.15) is 25.8 Å². The molecule has 5 nitrogen and oxygen atoms in total. The van der Waals surface area contributed by atoms with Crippen molar-refractivity contribution in [2.45, 2.75) is 32.4 Å². The molecule has 1 amide bonds. The Kier molecular flexibility index (Phi) is 4.07. The number of carbonyl (C=O) groups is 1. The first kappa shape index (κ1) is 12.7. The zero-order valence-electron chi connectivity index (χ0n) is 10.6. The van der Waals surface area contributed by atoms with Crippen LogP contribution in [0.25, 0.3) is 0 Å². The molecule has 1 aromatic carbocycles. The summed E-state index contributed by atoms with van der Waals surface area (Å²) >= 11 is 0. The molecule has 0 aliphatic carbocycles. The van der Waals surface area contributed by atoms with Crippen LogP contribution in [0.4, 0.5) is 0 Å². The third-order valence-electron chi connectivity index (χ3n) is 2.94. The maximum Gasteiger partial charge on any atom is 0.258 e. The second-order valence-electron chi connectivity index (χ2n) is 4.52. The van der Waals surface area contributed by atoms with Crippen LogP contribution in [0.2, 0.25) is 0 Å². The lowest BCUT2D eigenvalue weighted by Crippen LogP contribution is -2.41. The number of hydrazone groups is 1. The standard InChI is InChI=1S/C13H18N4O/c1-9-8-12(16-14-9)13(18)17-15-10(2)11-6-4-3-5-7-11/h3-7,9,12,14,16H,8H2,1-2H3,(H,17,18)/b15-10+. The largest absolute Gasteiger partial charge is 0.271 e. The lowest BCUT2D eigenvalue weighted by Gasteiger charge is -2.07. The predicted molar refractivity (Wildman–Crippen MR) is 70.9 cm³/mol. The maximum atomic E-state index is 11.8. The van der Waals surface area contributed by atoms with E-state index in [1.54, 1.807) is 0 Å². The zero-order valence-corrected chi connectivity index (χ0v) is 10.6. The number of hydrogen-bond donors (Lipinski definition) is 3. The minimum Gasteiger partial charge on any atom is -0.271 e. The summed E-state index contributed by atoms with van der Waals surface area (Å²) in [5.41, 5.74) is 10.3. The van der Waals surface area contributed by atoms with Crippen LogP contribution in [-0.4, -0.2) is 23.7 Å². The molecule has 0 bridgehead atoms. The summed E-state index contributed by atoms with van der Waals surface area (Å²) in [5, 5.41) is 4.11. The molecule has 96 valence electrons. The molecule has 3 N–H and O–H groups in total. The second-order valence-corrected chi connectivity index (χ2v) is 4.52. The van der Waals surface area contributed by atoms with E-state index < -0.39 is 0 Å². The Balaban J connectivity index is 1.92. The normalized spacial score (nSPS) is 24.0. The van der Waals surface area contributed by atoms with Gasteiger partial charge in [0.15, 0.2) is 0 Å². The number of carbonyl (C=O) groups excluding carboxylic acids is 1. The second kappa shape index (κ2) is 5.75. The van der Waals surface area contributed by atoms with Gasteiger partial charge < -0.3 is 0 Å². The Morgan fingerprint density at radius 1 is 1.33 bits per heavy atom. The van der Waals surface area contributed by atoms with E-state index in [2.05, 4.69) is 21.4 Å². The average molecular weight is 246 g/mol. The Morgan fingerprint density at radius 2 is 2.06 bits per heavy atom. The van der Waals surface area contributed by atoms with Gasteiger partial charge in [-0.2, -0.15) is 5.10 Å². The highest BCUT2D eigenvalue weighted by molar-refractivity contribution is 5.99. The molecule has 1 aliphatic heterocycles. The molecule has 1 aromatic rings. The Labute approximate surface area is 107 Å². The smallest absolute Gasteiger partial charge is 0.258 e. The lowest BCUT2D eigenvalue weighted by atomic mass is 10.1. The Hall–Kier alpha value is -1.72. The lowest BCUT2D eigenvalue weighted by molar-refractivity contribution is -0.122. The van der Waals surface area contributed by atoms with Gasteiger partial charge in [-0.15, -0.1) is 0 Å². The fourth-order valence-corrected chi connectivity index (χ4v) is 1.85. The van der Waals surface area contributed by atoms with Gasteiger partial charge in [-0.05, 0) is 25.8 Å². The highest BCUT2D eigenvalue weighted by Gasteiger charge is 2.26. The predicted octanol–water partition coefficient (Wildman–Crippen LogP) is 0.782. The van der Waals surface area contributed by atoms with E-state index >= 15 is 0 Å². The number of hydrazine groups is 1. The van der Waals surface area contributed by atoms with E-state index in [4.69, 9.17) is 0 Å². The van der Waals surface area contributed by atoms with Crippen molar-refractivity contribution in [2.75, 3.05) is 0 Å². The number of nitrogens with zero attached hydrogens (tertiary/aromatic N) is 1. The van der Waals surface area contributed by atoms with Crippen LogP contribution in [0.3, 0.4) is 0 Å². The van der Waals surface area contributed by atoms with E-state index in [9.17, 15) is 4.79 Å². The van der Waals surface area contributed by atoms with Crippen molar-refractivity contribution in [1.29, 1.82) is 0 Å². The molecule has 2 atom stereocenters. The first-order valence-corrected chi connectivity index (χ1v) is 6.07. The fraction of sp³-hybridized carbons (Fsp3) is 0.385. The van der Waals surface area contributed by atoms with E-state index in [-0.39, 0.29) is 11.9 Å². The van der Waals surface area contributed by atoms with Crippen molar-refractivity contribution in [1.82, 2.24) is 16.3 Å². The monoisotopic (exact) mass is 246 g/mol. The molecular formula is C13H18N4O. The van der Waals surface area contributed by atoms with Crippen LogP contribution < -0.4 is 16.3 Å². The topological polar surface area (TPSA) is 65.5 Å². The van der Waals surface area contributed by atoms with Crippen LogP contribution >= 0.6 is 0 Å². The SMILES string of the molecule is C/C(=N\NC(=O)C1CC(C)NN1)c1ccccc1. The van der Waals surface area contributed by atoms with Gasteiger partial charge in [-0.25, -0.2) is 10.9 Å². The molecule has 0 aromatic heterocycles. The van der Waals surface area contributed by atoms with E-state index in [1.807, 2.05) is 44.2 Å². The number of rotatable bonds is 3. The molecule has 0 saturated carbocycles. The van der Waals surface area contributed by atoms with Gasteiger partial charge in [-0.1, -0.05) is 30.3 Å². The van der Waals surface area contributed by atoms with Crippen molar-refractivity contribution in [3.8, 4) is 0 Å². The summed E-state index contributed by atoms with van der Waals surface area (Å²) in [7, 11) is 0. The third-order valence-corrected chi connectivity index (χ3v) is 2.94. The quantitative estimate of drug-likeness (QED) is 0.545. The van der Waals surface area contributed by atoms with Crippen molar-refractivity contribution in [2.24, 2.45) is 5.10 Å². The summed E-state index contributed by atoms with van der Waals surface area (Å²) in [5.74, 6) is -0.109. The summed E-state index contributed by atoms with van der Waals surface area (Å²) in [6, 6.07) is 9.85. The average Bonchev–Trinajstić information content (AvgIpc) is 2.83. The molecule has 5 heteroatoms. The molecule has 2 rings (SSSR count). The number of nitrogens with one attached hydrogen (secondary N) is 3. The molecule has 2 unspecified atom stereocenters. The van der Waals surface area contributed by atoms with Gasteiger partial charge in [0.05, 0.1) is 5.71 Å². The fourth-order valence-electron chi connectivity index (χ4n) is 1.85.